The third-order valence-corrected chi connectivity index (χ3v) is 2.07. The van der Waals surface area contributed by atoms with Gasteiger partial charge in [-0.25, -0.2) is 4.39 Å². The summed E-state index contributed by atoms with van der Waals surface area (Å²) in [5.41, 5.74) is 1.59. The van der Waals surface area contributed by atoms with Crippen molar-refractivity contribution in [2.45, 2.75) is 20.0 Å². The summed E-state index contributed by atoms with van der Waals surface area (Å²) < 4.78 is 12.8. The highest BCUT2D eigenvalue weighted by atomic mass is 35.5. The first-order chi connectivity index (χ1) is 6.50. The maximum absolute atomic E-state index is 12.8. The Bertz CT molecular complexity index is 356. The normalized spacial score (nSPS) is 12.4. The SMILES string of the molecule is CC(C)=CC(O)c1ccc(F)c(Cl)c1. The zero-order valence-electron chi connectivity index (χ0n) is 8.09. The van der Waals surface area contributed by atoms with Crippen molar-refractivity contribution in [1.29, 1.82) is 0 Å². The van der Waals surface area contributed by atoms with Crippen molar-refractivity contribution in [1.82, 2.24) is 0 Å². The van der Waals surface area contributed by atoms with Crippen LogP contribution in [0, 0.1) is 5.82 Å². The van der Waals surface area contributed by atoms with Gasteiger partial charge >= 0.3 is 0 Å². The standard InChI is InChI=1S/C11H12ClFO/c1-7(2)5-11(14)8-3-4-10(13)9(12)6-8/h3-6,11,14H,1-2H3. The number of rotatable bonds is 2. The van der Waals surface area contributed by atoms with Gasteiger partial charge in [-0.1, -0.05) is 29.3 Å². The topological polar surface area (TPSA) is 20.2 Å². The smallest absolute Gasteiger partial charge is 0.141 e. The molecule has 1 unspecified atom stereocenters. The number of hydrogen-bond donors (Lipinski definition) is 1. The number of halogens is 2. The van der Waals surface area contributed by atoms with E-state index in [2.05, 4.69) is 0 Å². The molecule has 0 fully saturated rings. The van der Waals surface area contributed by atoms with Gasteiger partial charge in [-0.3, -0.25) is 0 Å². The van der Waals surface area contributed by atoms with Gasteiger partial charge in [0.15, 0.2) is 0 Å². The molecule has 0 radical (unpaired) electrons. The van der Waals surface area contributed by atoms with E-state index in [1.807, 2.05) is 13.8 Å². The Labute approximate surface area is 87.8 Å². The van der Waals surface area contributed by atoms with E-state index in [4.69, 9.17) is 11.6 Å². The van der Waals surface area contributed by atoms with Crippen molar-refractivity contribution in [3.63, 3.8) is 0 Å². The van der Waals surface area contributed by atoms with Gasteiger partial charge in [0.2, 0.25) is 0 Å². The van der Waals surface area contributed by atoms with Gasteiger partial charge in [0.25, 0.3) is 0 Å². The fourth-order valence-electron chi connectivity index (χ4n) is 1.11. The summed E-state index contributed by atoms with van der Waals surface area (Å²) in [5, 5.41) is 9.68. The van der Waals surface area contributed by atoms with Gasteiger partial charge in [-0.2, -0.15) is 0 Å². The molecule has 0 aromatic heterocycles. The van der Waals surface area contributed by atoms with Crippen molar-refractivity contribution in [2.75, 3.05) is 0 Å². The molecule has 1 atom stereocenters. The highest BCUT2D eigenvalue weighted by Crippen LogP contribution is 2.22. The lowest BCUT2D eigenvalue weighted by atomic mass is 10.1. The van der Waals surface area contributed by atoms with Gasteiger partial charge in [-0.15, -0.1) is 0 Å². The van der Waals surface area contributed by atoms with Crippen LogP contribution >= 0.6 is 11.6 Å². The van der Waals surface area contributed by atoms with Crippen LogP contribution in [0.15, 0.2) is 29.8 Å². The average Bonchev–Trinajstić information content (AvgIpc) is 2.08. The first kappa shape index (κ1) is 11.2. The zero-order chi connectivity index (χ0) is 10.7. The van der Waals surface area contributed by atoms with Crippen LogP contribution < -0.4 is 0 Å². The molecular weight excluding hydrogens is 203 g/mol. The van der Waals surface area contributed by atoms with Gasteiger partial charge in [0.05, 0.1) is 11.1 Å². The van der Waals surface area contributed by atoms with Gasteiger partial charge in [0, 0.05) is 0 Å². The summed E-state index contributed by atoms with van der Waals surface area (Å²) in [5.74, 6) is -0.472. The molecule has 3 heteroatoms. The molecule has 1 rings (SSSR count). The number of allylic oxidation sites excluding steroid dienone is 1. The molecular formula is C11H12ClFO. The molecule has 0 saturated carbocycles. The van der Waals surface area contributed by atoms with Crippen molar-refractivity contribution < 1.29 is 9.50 Å². The Morgan fingerprint density at radius 2 is 2.14 bits per heavy atom. The summed E-state index contributed by atoms with van der Waals surface area (Å²) in [4.78, 5) is 0. The fraction of sp³-hybridized carbons (Fsp3) is 0.273. The van der Waals surface area contributed by atoms with E-state index < -0.39 is 11.9 Å². The second kappa shape index (κ2) is 4.58. The second-order valence-corrected chi connectivity index (χ2v) is 3.77. The number of hydrogen-bond acceptors (Lipinski definition) is 1. The number of aliphatic hydroxyl groups is 1. The molecule has 0 spiro atoms. The Morgan fingerprint density at radius 3 is 2.64 bits per heavy atom. The predicted octanol–water partition coefficient (Wildman–Crippen LogP) is 3.48. The third-order valence-electron chi connectivity index (χ3n) is 1.78. The summed E-state index contributed by atoms with van der Waals surface area (Å²) in [7, 11) is 0. The lowest BCUT2D eigenvalue weighted by Gasteiger charge is -2.07. The van der Waals surface area contributed by atoms with E-state index in [9.17, 15) is 9.50 Å². The van der Waals surface area contributed by atoms with Gasteiger partial charge in [0.1, 0.15) is 5.82 Å². The molecule has 0 saturated heterocycles. The first-order valence-corrected chi connectivity index (χ1v) is 4.66. The second-order valence-electron chi connectivity index (χ2n) is 3.36. The zero-order valence-corrected chi connectivity index (χ0v) is 8.85. The highest BCUT2D eigenvalue weighted by molar-refractivity contribution is 6.30. The molecule has 0 heterocycles. The monoisotopic (exact) mass is 214 g/mol. The predicted molar refractivity (Wildman–Crippen MR) is 55.8 cm³/mol. The minimum atomic E-state index is -0.724. The summed E-state index contributed by atoms with van der Waals surface area (Å²) >= 11 is 5.59. The maximum atomic E-state index is 12.8. The largest absolute Gasteiger partial charge is 0.384 e. The third kappa shape index (κ3) is 2.82. The lowest BCUT2D eigenvalue weighted by molar-refractivity contribution is 0.227. The summed E-state index contributed by atoms with van der Waals surface area (Å²) in [6, 6.07) is 4.20. The molecule has 1 aromatic carbocycles. The lowest BCUT2D eigenvalue weighted by Crippen LogP contribution is -1.94. The van der Waals surface area contributed by atoms with E-state index in [-0.39, 0.29) is 5.02 Å². The Morgan fingerprint density at radius 1 is 1.50 bits per heavy atom. The highest BCUT2D eigenvalue weighted by Gasteiger charge is 2.06. The molecule has 14 heavy (non-hydrogen) atoms. The van der Waals surface area contributed by atoms with E-state index in [1.54, 1.807) is 6.08 Å². The fourth-order valence-corrected chi connectivity index (χ4v) is 1.30. The molecule has 0 aliphatic rings. The van der Waals surface area contributed by atoms with Crippen molar-refractivity contribution >= 4 is 11.6 Å². The minimum Gasteiger partial charge on any atom is -0.384 e. The number of benzene rings is 1. The molecule has 1 aromatic rings. The van der Waals surface area contributed by atoms with E-state index in [0.717, 1.165) is 5.57 Å². The van der Waals surface area contributed by atoms with E-state index >= 15 is 0 Å². The van der Waals surface area contributed by atoms with Crippen LogP contribution in [0.3, 0.4) is 0 Å². The van der Waals surface area contributed by atoms with Crippen molar-refractivity contribution in [3.8, 4) is 0 Å². The van der Waals surface area contributed by atoms with E-state index in [1.165, 1.54) is 18.2 Å². The Kier molecular flexibility index (Phi) is 3.67. The molecule has 0 bridgehead atoms. The van der Waals surface area contributed by atoms with Crippen LogP contribution in [0.5, 0.6) is 0 Å². The van der Waals surface area contributed by atoms with Crippen molar-refractivity contribution in [2.24, 2.45) is 0 Å². The van der Waals surface area contributed by atoms with Gasteiger partial charge in [-0.05, 0) is 31.5 Å². The molecule has 1 nitrogen and oxygen atoms in total. The molecule has 0 amide bonds. The first-order valence-electron chi connectivity index (χ1n) is 4.28. The Balaban J connectivity index is 2.97. The molecule has 76 valence electrons. The van der Waals surface area contributed by atoms with Gasteiger partial charge < -0.3 is 5.11 Å². The molecule has 1 N–H and O–H groups in total. The average molecular weight is 215 g/mol. The summed E-state index contributed by atoms with van der Waals surface area (Å²) in [6.45, 7) is 3.77. The van der Waals surface area contributed by atoms with Crippen LogP contribution in [-0.4, -0.2) is 5.11 Å². The van der Waals surface area contributed by atoms with Crippen LogP contribution in [-0.2, 0) is 0 Å². The van der Waals surface area contributed by atoms with Crippen molar-refractivity contribution in [3.05, 3.63) is 46.3 Å². The Hall–Kier alpha value is -0.860. The maximum Gasteiger partial charge on any atom is 0.141 e. The quantitative estimate of drug-likeness (QED) is 0.748. The summed E-state index contributed by atoms with van der Waals surface area (Å²) in [6.07, 6.45) is 0.960. The van der Waals surface area contributed by atoms with Crippen LogP contribution in [0.25, 0.3) is 0 Å². The van der Waals surface area contributed by atoms with Crippen LogP contribution in [0.1, 0.15) is 25.5 Å². The van der Waals surface area contributed by atoms with E-state index in [0.29, 0.717) is 5.56 Å². The minimum absolute atomic E-state index is 0.0312. The number of aliphatic hydroxyl groups excluding tert-OH is 1. The molecule has 0 aliphatic carbocycles. The van der Waals surface area contributed by atoms with Crippen LogP contribution in [0.2, 0.25) is 5.02 Å². The molecule has 0 aliphatic heterocycles. The van der Waals surface area contributed by atoms with Crippen LogP contribution in [0.4, 0.5) is 4.39 Å².